The Morgan fingerprint density at radius 2 is 1.71 bits per heavy atom. The number of carbonyl (C=O) groups is 3. The summed E-state index contributed by atoms with van der Waals surface area (Å²) < 4.78 is 22.4. The lowest BCUT2D eigenvalue weighted by atomic mass is 10.1. The minimum Gasteiger partial charge on any atom is -0.496 e. The second kappa shape index (κ2) is 10.8. The highest BCUT2D eigenvalue weighted by Crippen LogP contribution is 2.32. The van der Waals surface area contributed by atoms with Crippen molar-refractivity contribution in [3.05, 3.63) is 71.6 Å². The number of methoxy groups -OCH3 is 2. The van der Waals surface area contributed by atoms with E-state index in [9.17, 15) is 14.4 Å². The summed E-state index contributed by atoms with van der Waals surface area (Å²) in [5.41, 5.74) is 0.813. The summed E-state index contributed by atoms with van der Waals surface area (Å²) in [5.74, 6) is -0.332. The molecule has 0 aliphatic rings. The van der Waals surface area contributed by atoms with Crippen molar-refractivity contribution in [2.45, 2.75) is 33.0 Å². The van der Waals surface area contributed by atoms with E-state index >= 15 is 0 Å². The van der Waals surface area contributed by atoms with Crippen LogP contribution in [0.25, 0.3) is 17.0 Å². The number of alkyl carbamates (subject to hydrolysis) is 1. The van der Waals surface area contributed by atoms with Crippen molar-refractivity contribution in [2.75, 3.05) is 14.2 Å². The van der Waals surface area contributed by atoms with Crippen molar-refractivity contribution >= 4 is 35.1 Å². The van der Waals surface area contributed by atoms with Crippen molar-refractivity contribution in [3.63, 3.8) is 0 Å². The fraction of sp³-hybridized carbons (Fsp3) is 0.269. The first kappa shape index (κ1) is 25.4. The molecule has 3 aromatic rings. The summed E-state index contributed by atoms with van der Waals surface area (Å²) in [4.78, 5) is 37.7. The van der Waals surface area contributed by atoms with Gasteiger partial charge in [0.1, 0.15) is 23.7 Å². The number of benzene rings is 2. The zero-order chi connectivity index (χ0) is 25.6. The Morgan fingerprint density at radius 3 is 2.34 bits per heavy atom. The average Bonchev–Trinajstić information content (AvgIpc) is 3.20. The zero-order valence-corrected chi connectivity index (χ0v) is 20.3. The molecule has 1 amide bonds. The molecule has 1 heterocycles. The van der Waals surface area contributed by atoms with Gasteiger partial charge in [-0.1, -0.05) is 36.4 Å². The third-order valence-electron chi connectivity index (χ3n) is 4.79. The molecule has 0 aliphatic carbocycles. The molecular formula is C26H28N2O7. The summed E-state index contributed by atoms with van der Waals surface area (Å²) in [7, 11) is 2.69. The number of amides is 1. The summed E-state index contributed by atoms with van der Waals surface area (Å²) in [6.07, 6.45) is 1.45. The first-order valence-electron chi connectivity index (χ1n) is 10.8. The van der Waals surface area contributed by atoms with E-state index < -0.39 is 23.8 Å². The summed E-state index contributed by atoms with van der Waals surface area (Å²) >= 11 is 0. The Kier molecular flexibility index (Phi) is 7.80. The van der Waals surface area contributed by atoms with Crippen LogP contribution in [0.1, 0.15) is 31.9 Å². The molecule has 0 aliphatic heterocycles. The van der Waals surface area contributed by atoms with Crippen LogP contribution in [0.2, 0.25) is 0 Å². The Morgan fingerprint density at radius 1 is 1.00 bits per heavy atom. The number of hydrogen-bond acceptors (Lipinski definition) is 7. The molecule has 0 bridgehead atoms. The van der Waals surface area contributed by atoms with E-state index in [1.165, 1.54) is 31.1 Å². The van der Waals surface area contributed by atoms with Crippen LogP contribution in [0, 0.1) is 0 Å². The van der Waals surface area contributed by atoms with Crippen LogP contribution < -0.4 is 10.1 Å². The van der Waals surface area contributed by atoms with Gasteiger partial charge in [-0.25, -0.2) is 14.4 Å². The SMILES string of the molecule is COC(=O)/C(=C\c1cn(C(=O)OC(C)(C)C)c2cccc(OC)c12)NC(=O)OCc1ccccc1. The Hall–Kier alpha value is -4.27. The predicted octanol–water partition coefficient (Wildman–Crippen LogP) is 4.87. The molecule has 1 aromatic heterocycles. The maximum atomic E-state index is 12.9. The lowest BCUT2D eigenvalue weighted by molar-refractivity contribution is -0.136. The molecule has 9 nitrogen and oxygen atoms in total. The molecule has 184 valence electrons. The highest BCUT2D eigenvalue weighted by molar-refractivity contribution is 6.03. The zero-order valence-electron chi connectivity index (χ0n) is 20.3. The summed E-state index contributed by atoms with van der Waals surface area (Å²) in [6, 6.07) is 14.3. The number of aromatic nitrogens is 1. The highest BCUT2D eigenvalue weighted by atomic mass is 16.6. The van der Waals surface area contributed by atoms with E-state index in [1.54, 1.807) is 39.0 Å². The van der Waals surface area contributed by atoms with Crippen LogP contribution in [0.4, 0.5) is 9.59 Å². The van der Waals surface area contributed by atoms with Crippen LogP contribution in [0.15, 0.2) is 60.4 Å². The largest absolute Gasteiger partial charge is 0.496 e. The molecule has 0 unspecified atom stereocenters. The van der Waals surface area contributed by atoms with Crippen LogP contribution in [-0.4, -0.2) is 42.5 Å². The lowest BCUT2D eigenvalue weighted by Crippen LogP contribution is -2.28. The minimum atomic E-state index is -0.839. The van der Waals surface area contributed by atoms with Crippen LogP contribution in [0.3, 0.4) is 0 Å². The molecule has 0 saturated carbocycles. The highest BCUT2D eigenvalue weighted by Gasteiger charge is 2.23. The van der Waals surface area contributed by atoms with Gasteiger partial charge in [-0.3, -0.25) is 9.88 Å². The van der Waals surface area contributed by atoms with E-state index in [1.807, 2.05) is 30.3 Å². The number of carbonyl (C=O) groups excluding carboxylic acids is 3. The minimum absolute atomic E-state index is 0.0207. The number of nitrogens with one attached hydrogen (secondary N) is 1. The lowest BCUT2D eigenvalue weighted by Gasteiger charge is -2.19. The monoisotopic (exact) mass is 480 g/mol. The molecule has 2 aromatic carbocycles. The van der Waals surface area contributed by atoms with E-state index in [0.29, 0.717) is 22.2 Å². The topological polar surface area (TPSA) is 105 Å². The normalized spacial score (nSPS) is 11.6. The van der Waals surface area contributed by atoms with Crippen molar-refractivity contribution in [2.24, 2.45) is 0 Å². The molecule has 0 saturated heterocycles. The molecule has 35 heavy (non-hydrogen) atoms. The molecule has 0 spiro atoms. The van der Waals surface area contributed by atoms with E-state index in [4.69, 9.17) is 18.9 Å². The Bertz CT molecular complexity index is 1250. The third-order valence-corrected chi connectivity index (χ3v) is 4.79. The number of fused-ring (bicyclic) bond motifs is 1. The van der Waals surface area contributed by atoms with Crippen LogP contribution >= 0.6 is 0 Å². The smallest absolute Gasteiger partial charge is 0.419 e. The van der Waals surface area contributed by atoms with Gasteiger partial charge < -0.3 is 18.9 Å². The predicted molar refractivity (Wildman–Crippen MR) is 130 cm³/mol. The average molecular weight is 481 g/mol. The van der Waals surface area contributed by atoms with Crippen LogP contribution in [0.5, 0.6) is 5.75 Å². The molecule has 0 fully saturated rings. The van der Waals surface area contributed by atoms with Gasteiger partial charge in [0.05, 0.1) is 19.7 Å². The fourth-order valence-corrected chi connectivity index (χ4v) is 3.31. The second-order valence-electron chi connectivity index (χ2n) is 8.53. The molecule has 9 heteroatoms. The molecular weight excluding hydrogens is 452 g/mol. The number of nitrogens with zero attached hydrogens (tertiary/aromatic N) is 1. The van der Waals surface area contributed by atoms with Gasteiger partial charge in [0.2, 0.25) is 0 Å². The van der Waals surface area contributed by atoms with E-state index in [2.05, 4.69) is 5.32 Å². The van der Waals surface area contributed by atoms with Crippen molar-refractivity contribution in [1.29, 1.82) is 0 Å². The Labute approximate surface area is 203 Å². The fourth-order valence-electron chi connectivity index (χ4n) is 3.31. The van der Waals surface area contributed by atoms with Gasteiger partial charge in [-0.2, -0.15) is 0 Å². The van der Waals surface area contributed by atoms with Gasteiger partial charge >= 0.3 is 18.2 Å². The summed E-state index contributed by atoms with van der Waals surface area (Å²) in [5, 5.41) is 2.97. The van der Waals surface area contributed by atoms with Gasteiger partial charge in [0.15, 0.2) is 0 Å². The van der Waals surface area contributed by atoms with E-state index in [0.717, 1.165) is 5.56 Å². The second-order valence-corrected chi connectivity index (χ2v) is 8.53. The Balaban J connectivity index is 1.99. The maximum Gasteiger partial charge on any atom is 0.419 e. The van der Waals surface area contributed by atoms with Crippen LogP contribution in [-0.2, 0) is 25.6 Å². The molecule has 3 rings (SSSR count). The third kappa shape index (κ3) is 6.41. The number of ether oxygens (including phenoxy) is 4. The van der Waals surface area contributed by atoms with Gasteiger partial charge in [-0.15, -0.1) is 0 Å². The first-order chi connectivity index (χ1) is 16.6. The standard InChI is InChI=1S/C26H28N2O7/c1-26(2,3)35-25(31)28-15-18(22-20(28)12-9-13-21(22)32-4)14-19(23(29)33-5)27-24(30)34-16-17-10-7-6-8-11-17/h6-15H,16H2,1-5H3,(H,27,30)/b19-14+. The number of rotatable bonds is 6. The van der Waals surface area contributed by atoms with Gasteiger partial charge in [0.25, 0.3) is 0 Å². The van der Waals surface area contributed by atoms with Gasteiger partial charge in [-0.05, 0) is 44.5 Å². The van der Waals surface area contributed by atoms with Crippen molar-refractivity contribution < 1.29 is 33.3 Å². The van der Waals surface area contributed by atoms with E-state index in [-0.39, 0.29) is 12.3 Å². The quantitative estimate of drug-likeness (QED) is 0.305. The molecule has 0 radical (unpaired) electrons. The molecule has 0 atom stereocenters. The number of esters is 1. The first-order valence-corrected chi connectivity index (χ1v) is 10.8. The maximum absolute atomic E-state index is 12.9. The van der Waals surface area contributed by atoms with Crippen molar-refractivity contribution in [3.8, 4) is 5.75 Å². The molecule has 1 N–H and O–H groups in total. The van der Waals surface area contributed by atoms with Crippen molar-refractivity contribution in [1.82, 2.24) is 9.88 Å². The number of hydrogen-bond donors (Lipinski definition) is 1. The summed E-state index contributed by atoms with van der Waals surface area (Å²) in [6.45, 7) is 5.31. The van der Waals surface area contributed by atoms with Gasteiger partial charge in [0, 0.05) is 17.1 Å².